The van der Waals surface area contributed by atoms with E-state index in [1.54, 1.807) is 11.4 Å². The number of carbonyl (C=O) groups is 1. The molecule has 2 aromatic rings. The Hall–Kier alpha value is -1.52. The van der Waals surface area contributed by atoms with Crippen molar-refractivity contribution in [3.63, 3.8) is 0 Å². The molecule has 5 heteroatoms. The quantitative estimate of drug-likeness (QED) is 0.890. The van der Waals surface area contributed by atoms with Gasteiger partial charge in [0.05, 0.1) is 5.56 Å². The van der Waals surface area contributed by atoms with E-state index >= 15 is 0 Å². The van der Waals surface area contributed by atoms with Gasteiger partial charge in [-0.25, -0.2) is 4.79 Å². The van der Waals surface area contributed by atoms with Gasteiger partial charge in [0.25, 0.3) is 0 Å². The molecule has 18 heavy (non-hydrogen) atoms. The predicted octanol–water partition coefficient (Wildman–Crippen LogP) is 4.02. The molecule has 0 unspecified atom stereocenters. The van der Waals surface area contributed by atoms with Crippen molar-refractivity contribution in [1.82, 2.24) is 0 Å². The van der Waals surface area contributed by atoms with E-state index < -0.39 is 5.97 Å². The largest absolute Gasteiger partial charge is 0.478 e. The molecule has 1 aromatic carbocycles. The number of carboxylic acid groups (broad SMARTS) is 1. The molecule has 0 atom stereocenters. The van der Waals surface area contributed by atoms with E-state index in [0.29, 0.717) is 12.1 Å². The first-order valence-electron chi connectivity index (χ1n) is 5.37. The van der Waals surface area contributed by atoms with Crippen molar-refractivity contribution in [2.45, 2.75) is 13.5 Å². The minimum atomic E-state index is -0.892. The van der Waals surface area contributed by atoms with Crippen molar-refractivity contribution >= 4 is 34.6 Å². The predicted molar refractivity (Wildman–Crippen MR) is 74.8 cm³/mol. The lowest BCUT2D eigenvalue weighted by Gasteiger charge is -2.09. The molecule has 2 N–H and O–H groups in total. The van der Waals surface area contributed by atoms with Crippen LogP contribution < -0.4 is 5.32 Å². The van der Waals surface area contributed by atoms with Crippen LogP contribution >= 0.6 is 22.9 Å². The summed E-state index contributed by atoms with van der Waals surface area (Å²) in [6.07, 6.45) is 0. The summed E-state index contributed by atoms with van der Waals surface area (Å²) in [5.74, 6) is -0.892. The second-order valence-corrected chi connectivity index (χ2v) is 5.28. The van der Waals surface area contributed by atoms with E-state index in [2.05, 4.69) is 5.32 Å². The summed E-state index contributed by atoms with van der Waals surface area (Å²) in [6.45, 7) is 2.54. The Balaban J connectivity index is 2.07. The zero-order valence-electron chi connectivity index (χ0n) is 9.74. The van der Waals surface area contributed by atoms with Crippen LogP contribution in [0.4, 0.5) is 5.69 Å². The number of thiophene rings is 1. The average Bonchev–Trinajstić information content (AvgIpc) is 2.80. The number of benzene rings is 1. The standard InChI is InChI=1S/C13H12ClNO2S/c1-8-11(14)3-2-4-12(8)15-6-10-5-9(7-18-10)13(16)17/h2-5,7,15H,6H2,1H3,(H,16,17). The number of halogens is 1. The summed E-state index contributed by atoms with van der Waals surface area (Å²) < 4.78 is 0. The Morgan fingerprint density at radius 1 is 1.50 bits per heavy atom. The minimum absolute atomic E-state index is 0.333. The number of carboxylic acids is 1. The Kier molecular flexibility index (Phi) is 3.89. The zero-order chi connectivity index (χ0) is 13.1. The summed E-state index contributed by atoms with van der Waals surface area (Å²) in [7, 11) is 0. The maximum atomic E-state index is 10.8. The number of hydrogen-bond acceptors (Lipinski definition) is 3. The molecule has 0 aliphatic rings. The van der Waals surface area contributed by atoms with Gasteiger partial charge in [-0.15, -0.1) is 11.3 Å². The number of aromatic carboxylic acids is 1. The lowest BCUT2D eigenvalue weighted by molar-refractivity contribution is 0.0697. The van der Waals surface area contributed by atoms with Gasteiger partial charge in [0, 0.05) is 27.5 Å². The Morgan fingerprint density at radius 3 is 2.94 bits per heavy atom. The third kappa shape index (κ3) is 2.83. The van der Waals surface area contributed by atoms with Crippen LogP contribution in [0.2, 0.25) is 5.02 Å². The minimum Gasteiger partial charge on any atom is -0.478 e. The molecular formula is C13H12ClNO2S. The summed E-state index contributed by atoms with van der Waals surface area (Å²) >= 11 is 7.46. The number of anilines is 1. The van der Waals surface area contributed by atoms with E-state index in [-0.39, 0.29) is 0 Å². The van der Waals surface area contributed by atoms with Crippen molar-refractivity contribution in [1.29, 1.82) is 0 Å². The third-order valence-corrected chi connectivity index (χ3v) is 3.97. The average molecular weight is 282 g/mol. The van der Waals surface area contributed by atoms with Gasteiger partial charge in [0.2, 0.25) is 0 Å². The van der Waals surface area contributed by atoms with Crippen LogP contribution in [0.5, 0.6) is 0 Å². The molecule has 0 spiro atoms. The fraction of sp³-hybridized carbons (Fsp3) is 0.154. The van der Waals surface area contributed by atoms with Crippen LogP contribution in [0.1, 0.15) is 20.8 Å². The molecule has 0 saturated heterocycles. The molecule has 3 nitrogen and oxygen atoms in total. The maximum absolute atomic E-state index is 10.8. The number of nitrogens with one attached hydrogen (secondary N) is 1. The monoisotopic (exact) mass is 281 g/mol. The highest BCUT2D eigenvalue weighted by Gasteiger charge is 2.07. The molecule has 0 bridgehead atoms. The van der Waals surface area contributed by atoms with E-state index in [0.717, 1.165) is 21.2 Å². The van der Waals surface area contributed by atoms with Crippen LogP contribution in [0, 0.1) is 6.92 Å². The van der Waals surface area contributed by atoms with Crippen molar-refractivity contribution in [3.8, 4) is 0 Å². The molecule has 0 saturated carbocycles. The summed E-state index contributed by atoms with van der Waals surface area (Å²) in [6, 6.07) is 7.36. The first-order chi connectivity index (χ1) is 8.58. The smallest absolute Gasteiger partial charge is 0.336 e. The SMILES string of the molecule is Cc1c(Cl)cccc1NCc1cc(C(=O)O)cs1. The molecule has 94 valence electrons. The molecule has 0 radical (unpaired) electrons. The van der Waals surface area contributed by atoms with E-state index in [9.17, 15) is 4.79 Å². The Morgan fingerprint density at radius 2 is 2.28 bits per heavy atom. The first kappa shape index (κ1) is 12.9. The van der Waals surface area contributed by atoms with Crippen molar-refractivity contribution in [2.24, 2.45) is 0 Å². The Labute approximate surface area is 114 Å². The fourth-order valence-electron chi connectivity index (χ4n) is 1.57. The molecule has 2 rings (SSSR count). The summed E-state index contributed by atoms with van der Waals surface area (Å²) in [4.78, 5) is 11.7. The molecule has 0 fully saturated rings. The highest BCUT2D eigenvalue weighted by atomic mass is 35.5. The van der Waals surface area contributed by atoms with Gasteiger partial charge in [-0.1, -0.05) is 17.7 Å². The first-order valence-corrected chi connectivity index (χ1v) is 6.63. The highest BCUT2D eigenvalue weighted by molar-refractivity contribution is 7.10. The molecule has 1 heterocycles. The lowest BCUT2D eigenvalue weighted by Crippen LogP contribution is -2.00. The van der Waals surface area contributed by atoms with Crippen molar-refractivity contribution < 1.29 is 9.90 Å². The molecule has 0 aliphatic heterocycles. The van der Waals surface area contributed by atoms with Crippen LogP contribution in [-0.2, 0) is 6.54 Å². The normalized spacial score (nSPS) is 10.3. The van der Waals surface area contributed by atoms with Gasteiger partial charge in [-0.05, 0) is 30.7 Å². The Bertz CT molecular complexity index is 580. The molecule has 0 aliphatic carbocycles. The van der Waals surface area contributed by atoms with Crippen molar-refractivity contribution in [2.75, 3.05) is 5.32 Å². The molecule has 0 amide bonds. The molecular weight excluding hydrogens is 270 g/mol. The van der Waals surface area contributed by atoms with Gasteiger partial charge < -0.3 is 10.4 Å². The van der Waals surface area contributed by atoms with Gasteiger partial charge in [-0.2, -0.15) is 0 Å². The summed E-state index contributed by atoms with van der Waals surface area (Å²) in [5, 5.41) is 14.5. The van der Waals surface area contributed by atoms with Crippen LogP contribution in [0.3, 0.4) is 0 Å². The number of rotatable bonds is 4. The fourth-order valence-corrected chi connectivity index (χ4v) is 2.54. The van der Waals surface area contributed by atoms with Crippen LogP contribution in [-0.4, -0.2) is 11.1 Å². The van der Waals surface area contributed by atoms with Gasteiger partial charge >= 0.3 is 5.97 Å². The van der Waals surface area contributed by atoms with Crippen molar-refractivity contribution in [3.05, 3.63) is 50.7 Å². The number of hydrogen-bond donors (Lipinski definition) is 2. The van der Waals surface area contributed by atoms with Gasteiger partial charge in [0.1, 0.15) is 0 Å². The highest BCUT2D eigenvalue weighted by Crippen LogP contribution is 2.24. The third-order valence-electron chi connectivity index (χ3n) is 2.62. The van der Waals surface area contributed by atoms with E-state index in [4.69, 9.17) is 16.7 Å². The zero-order valence-corrected chi connectivity index (χ0v) is 11.3. The second kappa shape index (κ2) is 5.42. The maximum Gasteiger partial charge on any atom is 0.336 e. The van der Waals surface area contributed by atoms with E-state index in [1.807, 2.05) is 25.1 Å². The van der Waals surface area contributed by atoms with Gasteiger partial charge in [0.15, 0.2) is 0 Å². The second-order valence-electron chi connectivity index (χ2n) is 3.87. The summed E-state index contributed by atoms with van der Waals surface area (Å²) in [5.41, 5.74) is 2.29. The van der Waals surface area contributed by atoms with Crippen LogP contribution in [0.15, 0.2) is 29.6 Å². The topological polar surface area (TPSA) is 49.3 Å². The van der Waals surface area contributed by atoms with Gasteiger partial charge in [-0.3, -0.25) is 0 Å². The van der Waals surface area contributed by atoms with Crippen LogP contribution in [0.25, 0.3) is 0 Å². The molecule has 1 aromatic heterocycles. The van der Waals surface area contributed by atoms with E-state index in [1.165, 1.54) is 11.3 Å². The lowest BCUT2D eigenvalue weighted by atomic mass is 10.2.